The average molecular weight is 258 g/mol. The number of carbonyl (C=O) groups is 1. The van der Waals surface area contributed by atoms with E-state index in [-0.39, 0.29) is 5.91 Å². The molecule has 1 aromatic carbocycles. The van der Waals surface area contributed by atoms with Gasteiger partial charge < -0.3 is 10.6 Å². The Morgan fingerprint density at radius 3 is 2.68 bits per heavy atom. The highest BCUT2D eigenvalue weighted by Crippen LogP contribution is 2.17. The van der Waals surface area contributed by atoms with Crippen LogP contribution in [0.5, 0.6) is 0 Å². The number of aromatic nitrogens is 2. The van der Waals surface area contributed by atoms with Gasteiger partial charge in [0.15, 0.2) is 0 Å². The largest absolute Gasteiger partial charge is 0.381 e. The summed E-state index contributed by atoms with van der Waals surface area (Å²) in [4.78, 5) is 11.0. The molecular weight excluding hydrogens is 240 g/mol. The molecule has 0 atom stereocenters. The van der Waals surface area contributed by atoms with E-state index in [4.69, 9.17) is 0 Å². The molecule has 1 amide bonds. The van der Waals surface area contributed by atoms with Crippen molar-refractivity contribution in [2.45, 2.75) is 27.3 Å². The maximum absolute atomic E-state index is 11.0. The van der Waals surface area contributed by atoms with Crippen molar-refractivity contribution in [3.05, 3.63) is 41.2 Å². The first-order chi connectivity index (χ1) is 9.06. The Bertz CT molecular complexity index is 569. The number of aromatic amines is 1. The monoisotopic (exact) mass is 258 g/mol. The van der Waals surface area contributed by atoms with Crippen LogP contribution < -0.4 is 10.6 Å². The maximum Gasteiger partial charge on any atom is 0.221 e. The molecule has 0 fully saturated rings. The number of rotatable bonds is 4. The molecule has 1 aromatic heterocycles. The second-order valence-corrected chi connectivity index (χ2v) is 4.53. The van der Waals surface area contributed by atoms with Gasteiger partial charge in [0.1, 0.15) is 0 Å². The van der Waals surface area contributed by atoms with E-state index in [9.17, 15) is 4.79 Å². The van der Waals surface area contributed by atoms with Crippen LogP contribution in [0.1, 0.15) is 23.9 Å². The van der Waals surface area contributed by atoms with Crippen molar-refractivity contribution in [3.8, 4) is 0 Å². The summed E-state index contributed by atoms with van der Waals surface area (Å²) < 4.78 is 0. The first-order valence-electron chi connectivity index (χ1n) is 6.18. The van der Waals surface area contributed by atoms with Crippen molar-refractivity contribution in [1.29, 1.82) is 0 Å². The minimum Gasteiger partial charge on any atom is -0.381 e. The molecule has 0 saturated heterocycles. The first kappa shape index (κ1) is 13.1. The van der Waals surface area contributed by atoms with E-state index in [2.05, 4.69) is 20.8 Å². The van der Waals surface area contributed by atoms with Crippen molar-refractivity contribution in [2.75, 3.05) is 10.6 Å². The molecule has 0 saturated carbocycles. The van der Waals surface area contributed by atoms with Gasteiger partial charge in [-0.15, -0.1) is 0 Å². The Kier molecular flexibility index (Phi) is 3.85. The van der Waals surface area contributed by atoms with Gasteiger partial charge >= 0.3 is 0 Å². The van der Waals surface area contributed by atoms with Crippen molar-refractivity contribution < 1.29 is 4.79 Å². The zero-order valence-corrected chi connectivity index (χ0v) is 11.4. The van der Waals surface area contributed by atoms with Gasteiger partial charge in [0.2, 0.25) is 5.91 Å². The minimum atomic E-state index is -0.0707. The molecule has 0 aliphatic rings. The highest BCUT2D eigenvalue weighted by Gasteiger charge is 2.05. The Morgan fingerprint density at radius 2 is 2.05 bits per heavy atom. The van der Waals surface area contributed by atoms with Crippen LogP contribution in [0, 0.1) is 13.8 Å². The van der Waals surface area contributed by atoms with Crippen LogP contribution in [-0.4, -0.2) is 16.1 Å². The van der Waals surface area contributed by atoms with E-state index in [0.717, 1.165) is 22.8 Å². The van der Waals surface area contributed by atoms with Crippen molar-refractivity contribution in [2.24, 2.45) is 0 Å². The van der Waals surface area contributed by atoms with Gasteiger partial charge in [-0.2, -0.15) is 5.10 Å². The Balaban J connectivity index is 2.05. The molecule has 0 radical (unpaired) electrons. The van der Waals surface area contributed by atoms with E-state index in [1.165, 1.54) is 12.5 Å². The number of nitrogens with zero attached hydrogens (tertiary/aromatic N) is 1. The van der Waals surface area contributed by atoms with Gasteiger partial charge in [0, 0.05) is 36.1 Å². The molecule has 2 aromatic rings. The van der Waals surface area contributed by atoms with E-state index in [1.807, 2.05) is 38.1 Å². The van der Waals surface area contributed by atoms with Crippen LogP contribution in [0.25, 0.3) is 0 Å². The number of amides is 1. The lowest BCUT2D eigenvalue weighted by Gasteiger charge is -2.09. The fraction of sp³-hybridized carbons (Fsp3) is 0.286. The lowest BCUT2D eigenvalue weighted by molar-refractivity contribution is -0.114. The summed E-state index contributed by atoms with van der Waals surface area (Å²) in [7, 11) is 0. The molecule has 3 N–H and O–H groups in total. The number of H-pyrrole nitrogens is 1. The Hall–Kier alpha value is -2.30. The molecule has 0 aliphatic carbocycles. The molecule has 5 heteroatoms. The smallest absolute Gasteiger partial charge is 0.221 e. The fourth-order valence-electron chi connectivity index (χ4n) is 1.94. The van der Waals surface area contributed by atoms with Crippen LogP contribution in [-0.2, 0) is 11.3 Å². The number of carbonyl (C=O) groups excluding carboxylic acids is 1. The second kappa shape index (κ2) is 5.56. The molecule has 0 aliphatic heterocycles. The van der Waals surface area contributed by atoms with Gasteiger partial charge in [-0.1, -0.05) is 6.07 Å². The molecule has 19 heavy (non-hydrogen) atoms. The number of nitrogens with one attached hydrogen (secondary N) is 3. The normalized spacial score (nSPS) is 10.3. The summed E-state index contributed by atoms with van der Waals surface area (Å²) in [5, 5.41) is 13.2. The standard InChI is InChI=1S/C14H18N4O/c1-9-14(10(2)18-17-9)8-15-12-5-4-6-13(7-12)16-11(3)19/h4-7,15H,8H2,1-3H3,(H,16,19)(H,17,18). The van der Waals surface area contributed by atoms with Crippen molar-refractivity contribution in [3.63, 3.8) is 0 Å². The number of benzene rings is 1. The van der Waals surface area contributed by atoms with Crippen LogP contribution in [0.15, 0.2) is 24.3 Å². The third-order valence-electron chi connectivity index (χ3n) is 2.93. The third-order valence-corrected chi connectivity index (χ3v) is 2.93. The van der Waals surface area contributed by atoms with E-state index in [1.54, 1.807) is 0 Å². The van der Waals surface area contributed by atoms with Gasteiger partial charge in [-0.05, 0) is 32.0 Å². The maximum atomic E-state index is 11.0. The highest BCUT2D eigenvalue weighted by atomic mass is 16.1. The fourth-order valence-corrected chi connectivity index (χ4v) is 1.94. The number of hydrogen-bond acceptors (Lipinski definition) is 3. The Morgan fingerprint density at radius 1 is 1.32 bits per heavy atom. The predicted octanol–water partition coefficient (Wildman–Crippen LogP) is 2.60. The van der Waals surface area contributed by atoms with Crippen molar-refractivity contribution >= 4 is 17.3 Å². The first-order valence-corrected chi connectivity index (χ1v) is 6.18. The van der Waals surface area contributed by atoms with Crippen LogP contribution in [0.4, 0.5) is 11.4 Å². The quantitative estimate of drug-likeness (QED) is 0.789. The zero-order valence-electron chi connectivity index (χ0n) is 11.4. The highest BCUT2D eigenvalue weighted by molar-refractivity contribution is 5.89. The summed E-state index contributed by atoms with van der Waals surface area (Å²) >= 11 is 0. The summed E-state index contributed by atoms with van der Waals surface area (Å²) in [6.45, 7) is 6.19. The summed E-state index contributed by atoms with van der Waals surface area (Å²) in [5.41, 5.74) is 5.00. The van der Waals surface area contributed by atoms with E-state index < -0.39 is 0 Å². The molecule has 0 spiro atoms. The molecule has 0 unspecified atom stereocenters. The van der Waals surface area contributed by atoms with Crippen LogP contribution >= 0.6 is 0 Å². The summed E-state index contributed by atoms with van der Waals surface area (Å²) in [6, 6.07) is 7.64. The van der Waals surface area contributed by atoms with Crippen molar-refractivity contribution in [1.82, 2.24) is 10.2 Å². The predicted molar refractivity (Wildman–Crippen MR) is 76.1 cm³/mol. The SMILES string of the molecule is CC(=O)Nc1cccc(NCc2c(C)n[nH]c2C)c1. The Labute approximate surface area is 112 Å². The number of aryl methyl sites for hydroxylation is 2. The van der Waals surface area contributed by atoms with Gasteiger partial charge in [-0.3, -0.25) is 9.89 Å². The number of hydrogen-bond donors (Lipinski definition) is 3. The summed E-state index contributed by atoms with van der Waals surface area (Å²) in [5.74, 6) is -0.0707. The second-order valence-electron chi connectivity index (χ2n) is 4.53. The number of anilines is 2. The van der Waals surface area contributed by atoms with Crippen LogP contribution in [0.2, 0.25) is 0 Å². The minimum absolute atomic E-state index is 0.0707. The molecule has 5 nitrogen and oxygen atoms in total. The molecule has 1 heterocycles. The topological polar surface area (TPSA) is 69.8 Å². The average Bonchev–Trinajstić information content (AvgIpc) is 2.66. The van der Waals surface area contributed by atoms with Gasteiger partial charge in [-0.25, -0.2) is 0 Å². The van der Waals surface area contributed by atoms with Gasteiger partial charge in [0.25, 0.3) is 0 Å². The third kappa shape index (κ3) is 3.34. The lowest BCUT2D eigenvalue weighted by Crippen LogP contribution is -2.06. The molecule has 100 valence electrons. The lowest BCUT2D eigenvalue weighted by atomic mass is 10.2. The molecular formula is C14H18N4O. The molecule has 2 rings (SSSR count). The van der Waals surface area contributed by atoms with E-state index >= 15 is 0 Å². The zero-order chi connectivity index (χ0) is 13.8. The summed E-state index contributed by atoms with van der Waals surface area (Å²) in [6.07, 6.45) is 0. The van der Waals surface area contributed by atoms with E-state index in [0.29, 0.717) is 6.54 Å². The molecule has 0 bridgehead atoms. The van der Waals surface area contributed by atoms with Gasteiger partial charge in [0.05, 0.1) is 5.69 Å². The van der Waals surface area contributed by atoms with Crippen LogP contribution in [0.3, 0.4) is 0 Å².